The minimum absolute atomic E-state index is 0.169. The van der Waals surface area contributed by atoms with Crippen molar-refractivity contribution in [3.05, 3.63) is 33.1 Å². The van der Waals surface area contributed by atoms with Crippen molar-refractivity contribution < 1.29 is 0 Å². The van der Waals surface area contributed by atoms with Crippen molar-refractivity contribution in [1.29, 1.82) is 0 Å². The van der Waals surface area contributed by atoms with Gasteiger partial charge in [0, 0.05) is 24.8 Å². The molecular formula is C9H12N2O2. The van der Waals surface area contributed by atoms with Gasteiger partial charge in [0.05, 0.1) is 0 Å². The van der Waals surface area contributed by atoms with Crippen LogP contribution in [0.15, 0.2) is 21.9 Å². The maximum atomic E-state index is 11.6. The van der Waals surface area contributed by atoms with Crippen LogP contribution in [0.5, 0.6) is 0 Å². The molecule has 1 aliphatic rings. The van der Waals surface area contributed by atoms with Crippen LogP contribution < -0.4 is 11.2 Å². The van der Waals surface area contributed by atoms with E-state index < -0.39 is 0 Å². The first-order chi connectivity index (χ1) is 6.24. The van der Waals surface area contributed by atoms with E-state index in [9.17, 15) is 9.59 Å². The van der Waals surface area contributed by atoms with Crippen LogP contribution in [0.4, 0.5) is 0 Å². The highest BCUT2D eigenvalue weighted by atomic mass is 16.2. The standard InChI is InChI=1S/C9H12N2O2/c1-2-10-8(12)5-6-11(9(10)13)7-3-4-7/h5-7H,2-4H2,1H3. The Bertz CT molecular complexity index is 426. The summed E-state index contributed by atoms with van der Waals surface area (Å²) in [6.07, 6.45) is 3.72. The molecule has 13 heavy (non-hydrogen) atoms. The van der Waals surface area contributed by atoms with Crippen molar-refractivity contribution in [2.24, 2.45) is 0 Å². The van der Waals surface area contributed by atoms with E-state index in [1.54, 1.807) is 17.7 Å². The third kappa shape index (κ3) is 1.32. The van der Waals surface area contributed by atoms with Gasteiger partial charge < -0.3 is 0 Å². The van der Waals surface area contributed by atoms with E-state index in [1.165, 1.54) is 10.6 Å². The number of rotatable bonds is 2. The number of hydrogen-bond donors (Lipinski definition) is 0. The fourth-order valence-electron chi connectivity index (χ4n) is 1.45. The molecule has 1 saturated carbocycles. The Morgan fingerprint density at radius 1 is 1.46 bits per heavy atom. The molecule has 0 radical (unpaired) electrons. The van der Waals surface area contributed by atoms with E-state index in [0.29, 0.717) is 12.6 Å². The third-order valence-corrected chi connectivity index (χ3v) is 2.35. The molecular weight excluding hydrogens is 168 g/mol. The molecule has 70 valence electrons. The topological polar surface area (TPSA) is 44.0 Å². The Balaban J connectivity index is 2.61. The zero-order chi connectivity index (χ0) is 9.42. The molecule has 0 bridgehead atoms. The van der Waals surface area contributed by atoms with E-state index >= 15 is 0 Å². The minimum atomic E-state index is -0.204. The molecule has 1 fully saturated rings. The van der Waals surface area contributed by atoms with E-state index in [0.717, 1.165) is 12.8 Å². The Hall–Kier alpha value is -1.32. The number of aromatic nitrogens is 2. The highest BCUT2D eigenvalue weighted by Gasteiger charge is 2.25. The summed E-state index contributed by atoms with van der Waals surface area (Å²) in [5.74, 6) is 0. The lowest BCUT2D eigenvalue weighted by molar-refractivity contribution is 0.579. The Labute approximate surface area is 75.4 Å². The van der Waals surface area contributed by atoms with E-state index in [1.807, 2.05) is 0 Å². The second-order valence-corrected chi connectivity index (χ2v) is 3.32. The molecule has 1 aromatic rings. The van der Waals surface area contributed by atoms with Crippen molar-refractivity contribution >= 4 is 0 Å². The van der Waals surface area contributed by atoms with Crippen LogP contribution in [-0.2, 0) is 6.54 Å². The quantitative estimate of drug-likeness (QED) is 0.659. The first-order valence-corrected chi connectivity index (χ1v) is 4.56. The van der Waals surface area contributed by atoms with Gasteiger partial charge in [0.1, 0.15) is 0 Å². The Morgan fingerprint density at radius 3 is 2.69 bits per heavy atom. The number of nitrogens with zero attached hydrogens (tertiary/aromatic N) is 2. The first kappa shape index (κ1) is 8.29. The molecule has 1 heterocycles. The summed E-state index contributed by atoms with van der Waals surface area (Å²) < 4.78 is 2.92. The third-order valence-electron chi connectivity index (χ3n) is 2.35. The van der Waals surface area contributed by atoms with Crippen molar-refractivity contribution in [2.45, 2.75) is 32.4 Å². The Kier molecular flexibility index (Phi) is 1.83. The molecule has 0 saturated heterocycles. The van der Waals surface area contributed by atoms with Crippen LogP contribution in [0, 0.1) is 0 Å². The van der Waals surface area contributed by atoms with Crippen LogP contribution in [0.3, 0.4) is 0 Å². The van der Waals surface area contributed by atoms with Gasteiger partial charge in [-0.1, -0.05) is 0 Å². The normalized spacial score (nSPS) is 16.1. The molecule has 0 aromatic carbocycles. The smallest absolute Gasteiger partial charge is 0.297 e. The van der Waals surface area contributed by atoms with E-state index in [4.69, 9.17) is 0 Å². The van der Waals surface area contributed by atoms with E-state index in [-0.39, 0.29) is 11.2 Å². The molecule has 0 atom stereocenters. The van der Waals surface area contributed by atoms with Gasteiger partial charge in [-0.15, -0.1) is 0 Å². The second kappa shape index (κ2) is 2.87. The van der Waals surface area contributed by atoms with Gasteiger partial charge in [-0.25, -0.2) is 4.79 Å². The summed E-state index contributed by atoms with van der Waals surface area (Å²) in [6.45, 7) is 2.26. The SMILES string of the molecule is CCn1c(=O)ccn(C2CC2)c1=O. The summed E-state index contributed by atoms with van der Waals surface area (Å²) >= 11 is 0. The molecule has 0 unspecified atom stereocenters. The molecule has 0 N–H and O–H groups in total. The van der Waals surface area contributed by atoms with Crippen molar-refractivity contribution in [3.63, 3.8) is 0 Å². The summed E-state index contributed by atoms with van der Waals surface area (Å²) in [6, 6.07) is 1.80. The van der Waals surface area contributed by atoms with Gasteiger partial charge >= 0.3 is 5.69 Å². The van der Waals surface area contributed by atoms with Gasteiger partial charge in [0.25, 0.3) is 5.56 Å². The maximum Gasteiger partial charge on any atom is 0.331 e. The molecule has 4 nitrogen and oxygen atoms in total. The second-order valence-electron chi connectivity index (χ2n) is 3.32. The maximum absolute atomic E-state index is 11.6. The van der Waals surface area contributed by atoms with Gasteiger partial charge in [0.2, 0.25) is 0 Å². The molecule has 0 amide bonds. The average Bonchev–Trinajstić information content (AvgIpc) is 2.88. The van der Waals surface area contributed by atoms with Crippen molar-refractivity contribution in [3.8, 4) is 0 Å². The van der Waals surface area contributed by atoms with Crippen LogP contribution >= 0.6 is 0 Å². The van der Waals surface area contributed by atoms with Gasteiger partial charge in [-0.2, -0.15) is 0 Å². The lowest BCUT2D eigenvalue weighted by atomic mass is 10.5. The lowest BCUT2D eigenvalue weighted by Crippen LogP contribution is -2.38. The average molecular weight is 180 g/mol. The summed E-state index contributed by atoms with van der Waals surface area (Å²) in [5.41, 5.74) is -0.373. The fourth-order valence-corrected chi connectivity index (χ4v) is 1.45. The molecule has 0 spiro atoms. The molecule has 1 aliphatic carbocycles. The van der Waals surface area contributed by atoms with Crippen LogP contribution in [-0.4, -0.2) is 9.13 Å². The van der Waals surface area contributed by atoms with Crippen molar-refractivity contribution in [2.75, 3.05) is 0 Å². The van der Waals surface area contributed by atoms with Crippen LogP contribution in [0.2, 0.25) is 0 Å². The van der Waals surface area contributed by atoms with Gasteiger partial charge in [0.15, 0.2) is 0 Å². The predicted octanol–water partition coefficient (Wildman–Crippen LogP) is 0.365. The monoisotopic (exact) mass is 180 g/mol. The lowest BCUT2D eigenvalue weighted by Gasteiger charge is -2.05. The Morgan fingerprint density at radius 2 is 2.15 bits per heavy atom. The van der Waals surface area contributed by atoms with Crippen molar-refractivity contribution in [1.82, 2.24) is 9.13 Å². The van der Waals surface area contributed by atoms with Gasteiger partial charge in [-0.3, -0.25) is 13.9 Å². The number of hydrogen-bond acceptors (Lipinski definition) is 2. The largest absolute Gasteiger partial charge is 0.331 e. The highest BCUT2D eigenvalue weighted by molar-refractivity contribution is 4.92. The summed E-state index contributed by atoms with van der Waals surface area (Å²) in [7, 11) is 0. The zero-order valence-electron chi connectivity index (χ0n) is 7.56. The van der Waals surface area contributed by atoms with Crippen LogP contribution in [0.25, 0.3) is 0 Å². The zero-order valence-corrected chi connectivity index (χ0v) is 7.56. The first-order valence-electron chi connectivity index (χ1n) is 4.56. The molecule has 2 rings (SSSR count). The molecule has 0 aliphatic heterocycles. The molecule has 4 heteroatoms. The predicted molar refractivity (Wildman–Crippen MR) is 48.9 cm³/mol. The van der Waals surface area contributed by atoms with E-state index in [2.05, 4.69) is 0 Å². The fraction of sp³-hybridized carbons (Fsp3) is 0.556. The highest BCUT2D eigenvalue weighted by Crippen LogP contribution is 2.32. The summed E-state index contributed by atoms with van der Waals surface area (Å²) in [4.78, 5) is 22.8. The van der Waals surface area contributed by atoms with Crippen LogP contribution in [0.1, 0.15) is 25.8 Å². The summed E-state index contributed by atoms with van der Waals surface area (Å²) in [5, 5.41) is 0. The minimum Gasteiger partial charge on any atom is -0.297 e. The van der Waals surface area contributed by atoms with Gasteiger partial charge in [-0.05, 0) is 19.8 Å². The molecule has 1 aromatic heterocycles.